The van der Waals surface area contributed by atoms with Gasteiger partial charge in [-0.15, -0.1) is 10.2 Å². The fraction of sp³-hybridized carbons (Fsp3) is 0.333. The molecule has 8 rings (SSSR count). The second kappa shape index (κ2) is 9.83. The van der Waals surface area contributed by atoms with Crippen LogP contribution in [0, 0.1) is 17.8 Å². The van der Waals surface area contributed by atoms with Gasteiger partial charge in [-0.2, -0.15) is 0 Å². The molecule has 0 spiro atoms. The Kier molecular flexibility index (Phi) is 6.15. The Hall–Kier alpha value is -3.64. The van der Waals surface area contributed by atoms with Gasteiger partial charge >= 0.3 is 0 Å². The lowest BCUT2D eigenvalue weighted by molar-refractivity contribution is -0.00556. The van der Waals surface area contributed by atoms with Crippen LogP contribution in [0.1, 0.15) is 75.4 Å². The Morgan fingerprint density at radius 3 is 1.87 bits per heavy atom. The quantitative estimate of drug-likeness (QED) is 0.238. The van der Waals surface area contributed by atoms with Gasteiger partial charge < -0.3 is 0 Å². The van der Waals surface area contributed by atoms with Gasteiger partial charge in [0.1, 0.15) is 5.01 Å². The van der Waals surface area contributed by atoms with E-state index in [-0.39, 0.29) is 17.1 Å². The third-order valence-corrected chi connectivity index (χ3v) is 10.2. The molecule has 0 N–H and O–H groups in total. The molecule has 4 saturated carbocycles. The summed E-state index contributed by atoms with van der Waals surface area (Å²) in [6.07, 6.45) is 7.80. The maximum atomic E-state index is 13.9. The first-order chi connectivity index (χ1) is 19.1. The van der Waals surface area contributed by atoms with Crippen LogP contribution in [0.4, 0.5) is 5.13 Å². The largest absolute Gasteiger partial charge is 0.289 e. The number of aromatic nitrogens is 2. The van der Waals surface area contributed by atoms with Gasteiger partial charge in [-0.3, -0.25) is 14.5 Å². The summed E-state index contributed by atoms with van der Waals surface area (Å²) in [4.78, 5) is 28.6. The number of carbonyl (C=O) groups is 2. The molecule has 4 aliphatic rings. The average Bonchev–Trinajstić information content (AvgIpc) is 3.47. The van der Waals surface area contributed by atoms with Crippen LogP contribution < -0.4 is 4.90 Å². The van der Waals surface area contributed by atoms with Crippen LogP contribution >= 0.6 is 11.3 Å². The molecular formula is C33H31N3O2S. The first kappa shape index (κ1) is 24.4. The van der Waals surface area contributed by atoms with E-state index in [4.69, 9.17) is 5.10 Å². The monoisotopic (exact) mass is 533 g/mol. The molecule has 1 aromatic heterocycles. The van der Waals surface area contributed by atoms with Crippen molar-refractivity contribution in [2.24, 2.45) is 17.8 Å². The molecule has 5 nitrogen and oxygen atoms in total. The molecule has 0 unspecified atom stereocenters. The van der Waals surface area contributed by atoms with Crippen molar-refractivity contribution in [3.8, 4) is 0 Å². The number of carbonyl (C=O) groups excluding carboxylic acids is 2. The van der Waals surface area contributed by atoms with Gasteiger partial charge in [-0.25, -0.2) is 0 Å². The summed E-state index contributed by atoms with van der Waals surface area (Å²) in [5.74, 6) is 2.28. The van der Waals surface area contributed by atoms with Crippen LogP contribution in [0.2, 0.25) is 0 Å². The topological polar surface area (TPSA) is 63.2 Å². The second-order valence-corrected chi connectivity index (χ2v) is 12.7. The summed E-state index contributed by atoms with van der Waals surface area (Å²) in [5.41, 5.74) is 2.90. The normalized spacial score (nSPS) is 25.0. The molecule has 4 aliphatic carbocycles. The van der Waals surface area contributed by atoms with Gasteiger partial charge in [-0.05, 0) is 74.0 Å². The van der Waals surface area contributed by atoms with Gasteiger partial charge in [0.15, 0.2) is 5.78 Å². The molecule has 196 valence electrons. The molecule has 3 aromatic carbocycles. The van der Waals surface area contributed by atoms with Crippen molar-refractivity contribution in [2.75, 3.05) is 4.90 Å². The number of ketones is 1. The van der Waals surface area contributed by atoms with Crippen molar-refractivity contribution in [3.05, 3.63) is 112 Å². The molecule has 0 saturated heterocycles. The van der Waals surface area contributed by atoms with E-state index in [1.807, 2.05) is 48.5 Å². The smallest absolute Gasteiger partial charge is 0.260 e. The molecule has 39 heavy (non-hydrogen) atoms. The number of rotatable bonds is 7. The standard InChI is InChI=1S/C33H31N3O2S/c37-29(26-9-5-2-6-10-26)27-11-13-28(14-12-27)30(38)36(21-22-7-3-1-4-8-22)32-35-34-31(39-32)33-18-23-15-24(19-33)17-25(16-23)20-33/h1-14,23-25H,15-21H2. The van der Waals surface area contributed by atoms with E-state index >= 15 is 0 Å². The molecule has 0 aliphatic heterocycles. The predicted octanol–water partition coefficient (Wildman–Crippen LogP) is 7.08. The molecular weight excluding hydrogens is 502 g/mol. The van der Waals surface area contributed by atoms with E-state index in [9.17, 15) is 9.59 Å². The first-order valence-corrected chi connectivity index (χ1v) is 14.8. The number of anilines is 1. The van der Waals surface area contributed by atoms with Crippen LogP contribution in [-0.2, 0) is 12.0 Å². The molecule has 4 aromatic rings. The summed E-state index contributed by atoms with van der Waals surface area (Å²) >= 11 is 1.61. The van der Waals surface area contributed by atoms with E-state index in [2.05, 4.69) is 5.10 Å². The highest BCUT2D eigenvalue weighted by Crippen LogP contribution is 2.61. The van der Waals surface area contributed by atoms with Crippen LogP contribution in [0.3, 0.4) is 0 Å². The maximum Gasteiger partial charge on any atom is 0.260 e. The Morgan fingerprint density at radius 2 is 1.26 bits per heavy atom. The highest BCUT2D eigenvalue weighted by molar-refractivity contribution is 7.15. The second-order valence-electron chi connectivity index (χ2n) is 11.7. The third-order valence-electron chi connectivity index (χ3n) is 9.00. The van der Waals surface area contributed by atoms with Gasteiger partial charge in [0.05, 0.1) is 6.54 Å². The lowest BCUT2D eigenvalue weighted by Crippen LogP contribution is -2.48. The Labute approximate surface area is 232 Å². The van der Waals surface area contributed by atoms with Gasteiger partial charge in [0, 0.05) is 22.1 Å². The van der Waals surface area contributed by atoms with E-state index in [1.165, 1.54) is 38.5 Å². The van der Waals surface area contributed by atoms with Crippen LogP contribution in [0.15, 0.2) is 84.9 Å². The van der Waals surface area contributed by atoms with Crippen LogP contribution in [0.25, 0.3) is 0 Å². The Bertz CT molecular complexity index is 1460. The molecule has 0 radical (unpaired) electrons. The summed E-state index contributed by atoms with van der Waals surface area (Å²) in [6.45, 7) is 0.417. The van der Waals surface area contributed by atoms with Crippen molar-refractivity contribution in [1.29, 1.82) is 0 Å². The number of hydrogen-bond donors (Lipinski definition) is 0. The molecule has 4 fully saturated rings. The summed E-state index contributed by atoms with van der Waals surface area (Å²) in [6, 6.07) is 26.2. The predicted molar refractivity (Wildman–Crippen MR) is 153 cm³/mol. The lowest BCUT2D eigenvalue weighted by Gasteiger charge is -2.55. The molecule has 0 atom stereocenters. The third kappa shape index (κ3) is 4.61. The van der Waals surface area contributed by atoms with Gasteiger partial charge in [0.25, 0.3) is 5.91 Å². The van der Waals surface area contributed by atoms with E-state index in [0.29, 0.717) is 28.4 Å². The van der Waals surface area contributed by atoms with Crippen molar-refractivity contribution in [1.82, 2.24) is 10.2 Å². The Morgan fingerprint density at radius 1 is 0.718 bits per heavy atom. The number of benzene rings is 3. The minimum absolute atomic E-state index is 0.0555. The Balaban J connectivity index is 1.18. The van der Waals surface area contributed by atoms with Crippen LogP contribution in [0.5, 0.6) is 0 Å². The molecule has 1 heterocycles. The van der Waals surface area contributed by atoms with Crippen molar-refractivity contribution in [2.45, 2.75) is 50.5 Å². The van der Waals surface area contributed by atoms with Crippen LogP contribution in [-0.4, -0.2) is 21.9 Å². The molecule has 4 bridgehead atoms. The summed E-state index contributed by atoms with van der Waals surface area (Å²) < 4.78 is 0. The van der Waals surface area contributed by atoms with E-state index in [1.54, 1.807) is 52.6 Å². The summed E-state index contributed by atoms with van der Waals surface area (Å²) in [5, 5.41) is 11.1. The average molecular weight is 534 g/mol. The van der Waals surface area contributed by atoms with Gasteiger partial charge in [0.2, 0.25) is 5.13 Å². The first-order valence-electron chi connectivity index (χ1n) is 14.0. The highest BCUT2D eigenvalue weighted by atomic mass is 32.1. The van der Waals surface area contributed by atoms with Crippen molar-refractivity contribution >= 4 is 28.2 Å². The zero-order valence-corrected chi connectivity index (χ0v) is 22.6. The SMILES string of the molecule is O=C(c1ccccc1)c1ccc(C(=O)N(Cc2ccccc2)c2nnc(C34CC5CC(CC(C5)C3)C4)s2)cc1. The minimum Gasteiger partial charge on any atom is -0.289 e. The van der Waals surface area contributed by atoms with E-state index in [0.717, 1.165) is 28.3 Å². The molecule has 6 heteroatoms. The molecule has 1 amide bonds. The van der Waals surface area contributed by atoms with E-state index < -0.39 is 0 Å². The minimum atomic E-state index is -0.134. The van der Waals surface area contributed by atoms with Crippen molar-refractivity contribution < 1.29 is 9.59 Å². The zero-order valence-electron chi connectivity index (χ0n) is 21.8. The number of nitrogens with zero attached hydrogens (tertiary/aromatic N) is 3. The lowest BCUT2D eigenvalue weighted by atomic mass is 9.50. The fourth-order valence-corrected chi connectivity index (χ4v) is 8.64. The fourth-order valence-electron chi connectivity index (χ4n) is 7.58. The van der Waals surface area contributed by atoms with Gasteiger partial charge in [-0.1, -0.05) is 84.1 Å². The summed E-state index contributed by atoms with van der Waals surface area (Å²) in [7, 11) is 0. The number of amides is 1. The zero-order chi connectivity index (χ0) is 26.4. The van der Waals surface area contributed by atoms with Crippen molar-refractivity contribution in [3.63, 3.8) is 0 Å². The number of hydrogen-bond acceptors (Lipinski definition) is 5. The highest BCUT2D eigenvalue weighted by Gasteiger charge is 2.53. The maximum absolute atomic E-state index is 13.9.